The summed E-state index contributed by atoms with van der Waals surface area (Å²) in [7, 11) is 0. The van der Waals surface area contributed by atoms with Gasteiger partial charge in [0.25, 0.3) is 0 Å². The van der Waals surface area contributed by atoms with Crippen LogP contribution >= 0.6 is 0 Å². The van der Waals surface area contributed by atoms with Gasteiger partial charge in [-0.15, -0.1) is 0 Å². The average molecular weight is 210 g/mol. The van der Waals surface area contributed by atoms with E-state index in [1.165, 1.54) is 13.0 Å². The third kappa shape index (κ3) is 1.61. The van der Waals surface area contributed by atoms with E-state index in [4.69, 9.17) is 5.73 Å². The standard InChI is InChI=1S/C11H22N4/c1-4-15-10(12)13-7-11(15)5-6-14(8-11)9(2)3/h9H,4-8H2,1-3H3,(H2,12,13). The molecule has 0 aromatic heterocycles. The Kier molecular flexibility index (Phi) is 2.63. The number of likely N-dealkylation sites (tertiary alicyclic amines) is 1. The first-order valence-corrected chi connectivity index (χ1v) is 5.91. The average Bonchev–Trinajstić information content (AvgIpc) is 2.73. The van der Waals surface area contributed by atoms with Crippen molar-refractivity contribution in [3.63, 3.8) is 0 Å². The molecule has 1 spiro atoms. The second-order valence-corrected chi connectivity index (χ2v) is 4.96. The highest BCUT2D eigenvalue weighted by Gasteiger charge is 2.46. The number of nitrogens with zero attached hydrogens (tertiary/aromatic N) is 3. The molecule has 0 bridgehead atoms. The van der Waals surface area contributed by atoms with Gasteiger partial charge >= 0.3 is 0 Å². The van der Waals surface area contributed by atoms with Gasteiger partial charge in [-0.05, 0) is 27.2 Å². The molecular formula is C11H22N4. The minimum atomic E-state index is 0.211. The zero-order chi connectivity index (χ0) is 11.1. The summed E-state index contributed by atoms with van der Waals surface area (Å²) in [6, 6.07) is 0.630. The van der Waals surface area contributed by atoms with Crippen LogP contribution in [0.1, 0.15) is 27.2 Å². The van der Waals surface area contributed by atoms with Crippen LogP contribution in [0.4, 0.5) is 0 Å². The van der Waals surface area contributed by atoms with Gasteiger partial charge in [0.05, 0.1) is 12.1 Å². The third-order valence-corrected chi connectivity index (χ3v) is 3.79. The van der Waals surface area contributed by atoms with E-state index in [2.05, 4.69) is 35.6 Å². The molecule has 0 aliphatic carbocycles. The Morgan fingerprint density at radius 2 is 2.27 bits per heavy atom. The van der Waals surface area contributed by atoms with Crippen molar-refractivity contribution in [2.24, 2.45) is 10.7 Å². The maximum absolute atomic E-state index is 5.92. The highest BCUT2D eigenvalue weighted by atomic mass is 15.4. The molecule has 2 aliphatic heterocycles. The Labute approximate surface area is 92.1 Å². The number of likely N-dealkylation sites (N-methyl/N-ethyl adjacent to an activating group) is 1. The van der Waals surface area contributed by atoms with Crippen LogP contribution in [0.25, 0.3) is 0 Å². The Bertz CT molecular complexity index is 274. The molecule has 0 saturated carbocycles. The van der Waals surface area contributed by atoms with E-state index < -0.39 is 0 Å². The monoisotopic (exact) mass is 210 g/mol. The fraction of sp³-hybridized carbons (Fsp3) is 0.909. The fourth-order valence-corrected chi connectivity index (χ4v) is 2.82. The van der Waals surface area contributed by atoms with Crippen molar-refractivity contribution >= 4 is 5.96 Å². The van der Waals surface area contributed by atoms with E-state index in [0.29, 0.717) is 6.04 Å². The van der Waals surface area contributed by atoms with Crippen molar-refractivity contribution in [2.45, 2.75) is 38.8 Å². The SMILES string of the molecule is CCN1C(N)=NCC12CCN(C(C)C)C2. The molecule has 1 saturated heterocycles. The van der Waals surface area contributed by atoms with Crippen LogP contribution in [0, 0.1) is 0 Å². The molecule has 1 atom stereocenters. The second kappa shape index (κ2) is 3.67. The lowest BCUT2D eigenvalue weighted by Crippen LogP contribution is -2.53. The lowest BCUT2D eigenvalue weighted by Gasteiger charge is -2.35. The number of hydrogen-bond donors (Lipinski definition) is 1. The van der Waals surface area contributed by atoms with Crippen molar-refractivity contribution < 1.29 is 0 Å². The summed E-state index contributed by atoms with van der Waals surface area (Å²) in [5, 5.41) is 0. The van der Waals surface area contributed by atoms with Gasteiger partial charge in [-0.1, -0.05) is 0 Å². The molecule has 0 radical (unpaired) electrons. The van der Waals surface area contributed by atoms with Crippen LogP contribution in [0.2, 0.25) is 0 Å². The van der Waals surface area contributed by atoms with Gasteiger partial charge in [0.2, 0.25) is 0 Å². The van der Waals surface area contributed by atoms with Crippen LogP contribution < -0.4 is 5.73 Å². The Hall–Kier alpha value is -0.770. The maximum atomic E-state index is 5.92. The molecule has 2 aliphatic rings. The first-order valence-electron chi connectivity index (χ1n) is 5.91. The van der Waals surface area contributed by atoms with Crippen LogP contribution in [0.3, 0.4) is 0 Å². The van der Waals surface area contributed by atoms with E-state index in [1.54, 1.807) is 0 Å². The van der Waals surface area contributed by atoms with Gasteiger partial charge in [0, 0.05) is 25.7 Å². The minimum Gasteiger partial charge on any atom is -0.370 e. The molecule has 0 amide bonds. The molecule has 2 N–H and O–H groups in total. The number of hydrogen-bond acceptors (Lipinski definition) is 4. The zero-order valence-electron chi connectivity index (χ0n) is 10.0. The molecule has 4 heteroatoms. The van der Waals surface area contributed by atoms with Gasteiger partial charge in [-0.2, -0.15) is 0 Å². The maximum Gasteiger partial charge on any atom is 0.191 e. The molecule has 15 heavy (non-hydrogen) atoms. The molecule has 1 fully saturated rings. The number of nitrogens with two attached hydrogens (primary N) is 1. The predicted molar refractivity (Wildman–Crippen MR) is 62.9 cm³/mol. The summed E-state index contributed by atoms with van der Waals surface area (Å²) in [6.45, 7) is 10.8. The van der Waals surface area contributed by atoms with E-state index in [1.807, 2.05) is 0 Å². The molecule has 86 valence electrons. The Morgan fingerprint density at radius 1 is 1.53 bits per heavy atom. The van der Waals surface area contributed by atoms with Crippen LogP contribution in [-0.4, -0.2) is 53.5 Å². The van der Waals surface area contributed by atoms with E-state index in [-0.39, 0.29) is 5.54 Å². The van der Waals surface area contributed by atoms with Crippen LogP contribution in [0.15, 0.2) is 4.99 Å². The highest BCUT2D eigenvalue weighted by Crippen LogP contribution is 2.32. The van der Waals surface area contributed by atoms with Crippen LogP contribution in [-0.2, 0) is 0 Å². The molecule has 2 rings (SSSR count). The number of rotatable bonds is 2. The number of aliphatic imine (C=N–C) groups is 1. The van der Waals surface area contributed by atoms with E-state index >= 15 is 0 Å². The molecule has 0 aromatic carbocycles. The summed E-state index contributed by atoms with van der Waals surface area (Å²) >= 11 is 0. The second-order valence-electron chi connectivity index (χ2n) is 4.96. The largest absolute Gasteiger partial charge is 0.370 e. The quantitative estimate of drug-likeness (QED) is 0.721. The molecule has 2 heterocycles. The predicted octanol–water partition coefficient (Wildman–Crippen LogP) is 0.490. The zero-order valence-corrected chi connectivity index (χ0v) is 10.0. The lowest BCUT2D eigenvalue weighted by atomic mass is 9.98. The van der Waals surface area contributed by atoms with E-state index in [9.17, 15) is 0 Å². The van der Waals surface area contributed by atoms with Gasteiger partial charge in [0.1, 0.15) is 0 Å². The van der Waals surface area contributed by atoms with Gasteiger partial charge in [-0.25, -0.2) is 0 Å². The van der Waals surface area contributed by atoms with Crippen LogP contribution in [0.5, 0.6) is 0 Å². The normalized spacial score (nSPS) is 32.0. The van der Waals surface area contributed by atoms with Crippen molar-refractivity contribution in [3.05, 3.63) is 0 Å². The van der Waals surface area contributed by atoms with Gasteiger partial charge < -0.3 is 10.6 Å². The molecule has 4 nitrogen and oxygen atoms in total. The van der Waals surface area contributed by atoms with E-state index in [0.717, 1.165) is 25.6 Å². The topological polar surface area (TPSA) is 44.9 Å². The Morgan fingerprint density at radius 3 is 2.80 bits per heavy atom. The van der Waals surface area contributed by atoms with Crippen molar-refractivity contribution in [1.29, 1.82) is 0 Å². The smallest absolute Gasteiger partial charge is 0.191 e. The summed E-state index contributed by atoms with van der Waals surface area (Å²) in [4.78, 5) is 9.22. The summed E-state index contributed by atoms with van der Waals surface area (Å²) in [5.74, 6) is 0.739. The highest BCUT2D eigenvalue weighted by molar-refractivity contribution is 5.81. The molecule has 0 aromatic rings. The fourth-order valence-electron chi connectivity index (χ4n) is 2.82. The summed E-state index contributed by atoms with van der Waals surface area (Å²) in [5.41, 5.74) is 6.13. The first kappa shape index (κ1) is 10.7. The third-order valence-electron chi connectivity index (χ3n) is 3.79. The Balaban J connectivity index is 2.11. The van der Waals surface area contributed by atoms with Crippen molar-refractivity contribution in [3.8, 4) is 0 Å². The molecular weight excluding hydrogens is 188 g/mol. The number of guanidine groups is 1. The summed E-state index contributed by atoms with van der Waals surface area (Å²) in [6.07, 6.45) is 1.20. The van der Waals surface area contributed by atoms with Gasteiger partial charge in [0.15, 0.2) is 5.96 Å². The lowest BCUT2D eigenvalue weighted by molar-refractivity contribution is 0.186. The minimum absolute atomic E-state index is 0.211. The summed E-state index contributed by atoms with van der Waals surface area (Å²) < 4.78 is 0. The van der Waals surface area contributed by atoms with Crippen molar-refractivity contribution in [2.75, 3.05) is 26.2 Å². The van der Waals surface area contributed by atoms with Gasteiger partial charge in [-0.3, -0.25) is 9.89 Å². The van der Waals surface area contributed by atoms with Crippen molar-refractivity contribution in [1.82, 2.24) is 9.80 Å². The molecule has 1 unspecified atom stereocenters. The first-order chi connectivity index (χ1) is 7.09.